The van der Waals surface area contributed by atoms with Gasteiger partial charge in [-0.15, -0.1) is 0 Å². The van der Waals surface area contributed by atoms with Crippen LogP contribution in [0.2, 0.25) is 0 Å². The van der Waals surface area contributed by atoms with E-state index >= 15 is 0 Å². The summed E-state index contributed by atoms with van der Waals surface area (Å²) in [5.41, 5.74) is 0. The summed E-state index contributed by atoms with van der Waals surface area (Å²) in [6, 6.07) is -0.316. The van der Waals surface area contributed by atoms with E-state index in [9.17, 15) is 9.59 Å². The van der Waals surface area contributed by atoms with Gasteiger partial charge in [0.2, 0.25) is 11.8 Å². The third-order valence-electron chi connectivity index (χ3n) is 4.70. The maximum atomic E-state index is 12.7. The largest absolute Gasteiger partial charge is 0.342 e. The van der Waals surface area contributed by atoms with E-state index < -0.39 is 0 Å². The topological polar surface area (TPSA) is 49.4 Å². The number of nitrogens with one attached hydrogen (secondary N) is 1. The first-order valence-corrected chi connectivity index (χ1v) is 7.59. The van der Waals surface area contributed by atoms with Gasteiger partial charge in [0.1, 0.15) is 12.1 Å². The summed E-state index contributed by atoms with van der Waals surface area (Å²) in [7, 11) is 0. The lowest BCUT2D eigenvalue weighted by Gasteiger charge is -2.48. The van der Waals surface area contributed by atoms with E-state index in [0.717, 1.165) is 19.3 Å². The summed E-state index contributed by atoms with van der Waals surface area (Å²) in [5, 5.41) is 2.95. The zero-order chi connectivity index (χ0) is 14.2. The monoisotopic (exact) mass is 266 g/mol. The smallest absolute Gasteiger partial charge is 0.246 e. The van der Waals surface area contributed by atoms with Crippen LogP contribution in [-0.4, -0.2) is 34.8 Å². The van der Waals surface area contributed by atoms with Crippen LogP contribution in [0, 0.1) is 11.8 Å². The van der Waals surface area contributed by atoms with Crippen LogP contribution in [0.25, 0.3) is 0 Å². The summed E-state index contributed by atoms with van der Waals surface area (Å²) in [6.07, 6.45) is 4.18. The van der Waals surface area contributed by atoms with Crippen LogP contribution < -0.4 is 5.32 Å². The Hall–Kier alpha value is -1.06. The number of amides is 2. The maximum Gasteiger partial charge on any atom is 0.246 e. The molecule has 0 aromatic heterocycles. The number of carbonyl (C=O) groups excluding carboxylic acids is 2. The van der Waals surface area contributed by atoms with Gasteiger partial charge < -0.3 is 10.2 Å². The molecule has 19 heavy (non-hydrogen) atoms. The Kier molecular flexibility index (Phi) is 4.16. The lowest BCUT2D eigenvalue weighted by atomic mass is 9.84. The van der Waals surface area contributed by atoms with Crippen LogP contribution in [0.4, 0.5) is 0 Å². The van der Waals surface area contributed by atoms with Gasteiger partial charge in [-0.1, -0.05) is 34.1 Å². The molecule has 4 nitrogen and oxygen atoms in total. The van der Waals surface area contributed by atoms with Crippen LogP contribution in [0.3, 0.4) is 0 Å². The Morgan fingerprint density at radius 1 is 1.26 bits per heavy atom. The molecule has 108 valence electrons. The Bertz CT molecular complexity index is 363. The van der Waals surface area contributed by atoms with E-state index in [1.54, 1.807) is 0 Å². The number of carbonyl (C=O) groups is 2. The van der Waals surface area contributed by atoms with E-state index in [2.05, 4.69) is 12.2 Å². The van der Waals surface area contributed by atoms with Crippen molar-refractivity contribution in [3.63, 3.8) is 0 Å². The summed E-state index contributed by atoms with van der Waals surface area (Å²) in [4.78, 5) is 27.0. The zero-order valence-electron chi connectivity index (χ0n) is 12.5. The fourth-order valence-corrected chi connectivity index (χ4v) is 3.04. The van der Waals surface area contributed by atoms with Crippen molar-refractivity contribution in [2.75, 3.05) is 0 Å². The second kappa shape index (κ2) is 5.51. The third kappa shape index (κ3) is 2.49. The average Bonchev–Trinajstić information content (AvgIpc) is 2.29. The van der Waals surface area contributed by atoms with Gasteiger partial charge in [0, 0.05) is 6.04 Å². The highest BCUT2D eigenvalue weighted by atomic mass is 16.2. The van der Waals surface area contributed by atoms with Crippen molar-refractivity contribution < 1.29 is 9.59 Å². The van der Waals surface area contributed by atoms with Crippen molar-refractivity contribution in [1.29, 1.82) is 0 Å². The Balaban J connectivity index is 2.25. The molecule has 1 saturated heterocycles. The fraction of sp³-hybridized carbons (Fsp3) is 0.867. The molecule has 2 aliphatic rings. The molecule has 2 rings (SSSR count). The molecule has 0 aromatic carbocycles. The normalized spacial score (nSPS) is 30.3. The molecule has 1 aliphatic heterocycles. The minimum absolute atomic E-state index is 0.0341. The van der Waals surface area contributed by atoms with Gasteiger partial charge in [0.05, 0.1) is 0 Å². The molecule has 0 aromatic rings. The van der Waals surface area contributed by atoms with Gasteiger partial charge in [0.15, 0.2) is 0 Å². The number of hydrogen-bond acceptors (Lipinski definition) is 2. The predicted molar refractivity (Wildman–Crippen MR) is 74.5 cm³/mol. The van der Waals surface area contributed by atoms with Crippen molar-refractivity contribution in [1.82, 2.24) is 10.2 Å². The van der Waals surface area contributed by atoms with Gasteiger partial charge in [-0.25, -0.2) is 0 Å². The molecule has 1 saturated carbocycles. The van der Waals surface area contributed by atoms with Gasteiger partial charge in [-0.2, -0.15) is 0 Å². The number of rotatable bonds is 4. The number of hydrogen-bond donors (Lipinski definition) is 1. The molecule has 2 amide bonds. The second-order valence-corrected chi connectivity index (χ2v) is 6.39. The van der Waals surface area contributed by atoms with Crippen molar-refractivity contribution in [2.45, 2.75) is 71.5 Å². The van der Waals surface area contributed by atoms with Crippen LogP contribution in [0.1, 0.15) is 53.4 Å². The Morgan fingerprint density at radius 3 is 2.32 bits per heavy atom. The average molecular weight is 266 g/mol. The molecule has 3 atom stereocenters. The standard InChI is InChI=1S/C15H26N2O2/c1-5-10(4)12-15(19)17(11-7-6-8-11)13(9(2)3)14(18)16-12/h9-13H,5-8H2,1-4H3,(H,16,18). The van der Waals surface area contributed by atoms with Crippen molar-refractivity contribution in [2.24, 2.45) is 11.8 Å². The Morgan fingerprint density at radius 2 is 1.89 bits per heavy atom. The van der Waals surface area contributed by atoms with Gasteiger partial charge in [0.25, 0.3) is 0 Å². The first-order chi connectivity index (χ1) is 8.97. The molecular formula is C15H26N2O2. The summed E-state index contributed by atoms with van der Waals surface area (Å²) >= 11 is 0. The highest BCUT2D eigenvalue weighted by Gasteiger charge is 2.47. The predicted octanol–water partition coefficient (Wildman–Crippen LogP) is 1.94. The minimum Gasteiger partial charge on any atom is -0.342 e. The molecule has 1 aliphatic carbocycles. The van der Waals surface area contributed by atoms with Crippen LogP contribution in [0.5, 0.6) is 0 Å². The van der Waals surface area contributed by atoms with E-state index in [-0.39, 0.29) is 41.8 Å². The highest BCUT2D eigenvalue weighted by Crippen LogP contribution is 2.32. The molecule has 0 bridgehead atoms. The van der Waals surface area contributed by atoms with E-state index in [1.807, 2.05) is 25.7 Å². The van der Waals surface area contributed by atoms with Crippen LogP contribution in [0.15, 0.2) is 0 Å². The summed E-state index contributed by atoms with van der Waals surface area (Å²) in [6.45, 7) is 8.14. The van der Waals surface area contributed by atoms with Crippen molar-refractivity contribution in [3.8, 4) is 0 Å². The minimum atomic E-state index is -0.326. The summed E-state index contributed by atoms with van der Waals surface area (Å²) < 4.78 is 0. The molecule has 0 radical (unpaired) electrons. The molecule has 1 heterocycles. The van der Waals surface area contributed by atoms with E-state index in [1.165, 1.54) is 6.42 Å². The highest BCUT2D eigenvalue weighted by molar-refractivity contribution is 5.97. The lowest BCUT2D eigenvalue weighted by molar-refractivity contribution is -0.157. The molecule has 3 unspecified atom stereocenters. The molecule has 0 spiro atoms. The van der Waals surface area contributed by atoms with Crippen LogP contribution >= 0.6 is 0 Å². The molecule has 2 fully saturated rings. The number of piperazine rings is 1. The maximum absolute atomic E-state index is 12.7. The molecular weight excluding hydrogens is 240 g/mol. The first-order valence-electron chi connectivity index (χ1n) is 7.59. The fourth-order valence-electron chi connectivity index (χ4n) is 3.04. The zero-order valence-corrected chi connectivity index (χ0v) is 12.5. The van der Waals surface area contributed by atoms with Gasteiger partial charge in [-0.05, 0) is 31.1 Å². The van der Waals surface area contributed by atoms with Crippen LogP contribution in [-0.2, 0) is 9.59 Å². The third-order valence-corrected chi connectivity index (χ3v) is 4.70. The number of nitrogens with zero attached hydrogens (tertiary/aromatic N) is 1. The van der Waals surface area contributed by atoms with Crippen molar-refractivity contribution >= 4 is 11.8 Å². The SMILES string of the molecule is CCC(C)C1NC(=O)C(C(C)C)N(C2CCC2)C1=O. The first kappa shape index (κ1) is 14.4. The van der Waals surface area contributed by atoms with Gasteiger partial charge in [-0.3, -0.25) is 9.59 Å². The molecule has 1 N–H and O–H groups in total. The molecule has 4 heteroatoms. The lowest BCUT2D eigenvalue weighted by Crippen LogP contribution is -2.69. The van der Waals surface area contributed by atoms with Gasteiger partial charge >= 0.3 is 0 Å². The van der Waals surface area contributed by atoms with E-state index in [4.69, 9.17) is 0 Å². The second-order valence-electron chi connectivity index (χ2n) is 6.39. The Labute approximate surface area is 115 Å². The van der Waals surface area contributed by atoms with E-state index in [0.29, 0.717) is 0 Å². The van der Waals surface area contributed by atoms with Crippen molar-refractivity contribution in [3.05, 3.63) is 0 Å². The quantitative estimate of drug-likeness (QED) is 0.845. The summed E-state index contributed by atoms with van der Waals surface area (Å²) in [5.74, 6) is 0.540.